The molecule has 1 rings (SSSR count). The Morgan fingerprint density at radius 2 is 2.25 bits per heavy atom. The van der Waals surface area contributed by atoms with Gasteiger partial charge >= 0.3 is 0 Å². The number of carbonyl (C=O) groups excluding carboxylic acids is 1. The number of hydrogen-bond acceptors (Lipinski definition) is 4. The van der Waals surface area contributed by atoms with Crippen molar-refractivity contribution in [2.45, 2.75) is 13.8 Å². The maximum absolute atomic E-state index is 11.6. The minimum absolute atomic E-state index is 0.0492. The average Bonchev–Trinajstić information content (AvgIpc) is 2.49. The molecule has 0 saturated carbocycles. The Bertz CT molecular complexity index is 342. The fraction of sp³-hybridized carbons (Fsp3) is 0.600. The molecule has 3 N–H and O–H groups in total. The number of aryl methyl sites for hydroxylation is 2. The van der Waals surface area contributed by atoms with Crippen LogP contribution in [-0.4, -0.2) is 52.9 Å². The second-order valence-electron chi connectivity index (χ2n) is 3.82. The van der Waals surface area contributed by atoms with Crippen molar-refractivity contribution in [1.29, 1.82) is 0 Å². The highest BCUT2D eigenvalue weighted by Gasteiger charge is 2.11. The highest BCUT2D eigenvalue weighted by molar-refractivity contribution is 5.93. The maximum Gasteiger partial charge on any atom is 0.238 e. The topological polar surface area (TPSA) is 81.2 Å². The number of H-pyrrole nitrogens is 1. The third-order valence-electron chi connectivity index (χ3n) is 2.29. The molecule has 1 aromatic heterocycles. The molecule has 0 aliphatic carbocycles. The first-order valence-electron chi connectivity index (χ1n) is 5.15. The molecule has 0 spiro atoms. The Hall–Kier alpha value is -1.40. The van der Waals surface area contributed by atoms with E-state index in [1.165, 1.54) is 0 Å². The van der Waals surface area contributed by atoms with Gasteiger partial charge in [-0.1, -0.05) is 0 Å². The summed E-state index contributed by atoms with van der Waals surface area (Å²) >= 11 is 0. The summed E-state index contributed by atoms with van der Waals surface area (Å²) in [7, 11) is 1.78. The smallest absolute Gasteiger partial charge is 0.238 e. The summed E-state index contributed by atoms with van der Waals surface area (Å²) in [4.78, 5) is 13.4. The molecule has 0 bridgehead atoms. The number of amides is 1. The lowest BCUT2D eigenvalue weighted by molar-refractivity contribution is -0.117. The molecule has 0 radical (unpaired) electrons. The lowest BCUT2D eigenvalue weighted by Gasteiger charge is -2.14. The van der Waals surface area contributed by atoms with Gasteiger partial charge in [-0.05, 0) is 20.9 Å². The Morgan fingerprint density at radius 1 is 1.56 bits per heavy atom. The fourth-order valence-electron chi connectivity index (χ4n) is 1.41. The van der Waals surface area contributed by atoms with Gasteiger partial charge in [0.1, 0.15) is 0 Å². The molecule has 1 heterocycles. The molecule has 0 atom stereocenters. The molecule has 0 saturated heterocycles. The third kappa shape index (κ3) is 3.32. The molecule has 0 aliphatic heterocycles. The molecule has 90 valence electrons. The summed E-state index contributed by atoms with van der Waals surface area (Å²) in [6.07, 6.45) is 0. The molecule has 6 nitrogen and oxygen atoms in total. The Labute approximate surface area is 94.6 Å². The van der Waals surface area contributed by atoms with Crippen molar-refractivity contribution in [2.75, 3.05) is 32.1 Å². The zero-order valence-electron chi connectivity index (χ0n) is 9.87. The van der Waals surface area contributed by atoms with E-state index in [-0.39, 0.29) is 19.1 Å². The van der Waals surface area contributed by atoms with Crippen molar-refractivity contribution in [1.82, 2.24) is 15.1 Å². The lowest BCUT2D eigenvalue weighted by atomic mass is 10.3. The van der Waals surface area contributed by atoms with Crippen molar-refractivity contribution >= 4 is 11.6 Å². The highest BCUT2D eigenvalue weighted by Crippen LogP contribution is 2.15. The van der Waals surface area contributed by atoms with Gasteiger partial charge in [0.05, 0.1) is 30.2 Å². The van der Waals surface area contributed by atoms with Crippen LogP contribution in [0.2, 0.25) is 0 Å². The number of anilines is 1. The van der Waals surface area contributed by atoms with Gasteiger partial charge in [0.2, 0.25) is 5.91 Å². The van der Waals surface area contributed by atoms with Crippen LogP contribution in [0.3, 0.4) is 0 Å². The fourth-order valence-corrected chi connectivity index (χ4v) is 1.41. The average molecular weight is 226 g/mol. The first-order valence-corrected chi connectivity index (χ1v) is 5.15. The predicted molar refractivity (Wildman–Crippen MR) is 61.3 cm³/mol. The summed E-state index contributed by atoms with van der Waals surface area (Å²) in [6, 6.07) is 0. The van der Waals surface area contributed by atoms with E-state index in [9.17, 15) is 4.79 Å². The van der Waals surface area contributed by atoms with Crippen LogP contribution < -0.4 is 5.32 Å². The van der Waals surface area contributed by atoms with Gasteiger partial charge in [0, 0.05) is 6.54 Å². The van der Waals surface area contributed by atoms with Crippen LogP contribution in [0, 0.1) is 13.8 Å². The van der Waals surface area contributed by atoms with Gasteiger partial charge in [-0.2, -0.15) is 5.10 Å². The summed E-state index contributed by atoms with van der Waals surface area (Å²) in [5.74, 6) is -0.108. The number of nitrogens with zero attached hydrogens (tertiary/aromatic N) is 2. The molecule has 0 aromatic carbocycles. The second-order valence-corrected chi connectivity index (χ2v) is 3.82. The van der Waals surface area contributed by atoms with Gasteiger partial charge < -0.3 is 10.4 Å². The van der Waals surface area contributed by atoms with Crippen LogP contribution in [0.5, 0.6) is 0 Å². The van der Waals surface area contributed by atoms with Crippen LogP contribution >= 0.6 is 0 Å². The molecule has 0 unspecified atom stereocenters. The van der Waals surface area contributed by atoms with Gasteiger partial charge in [0.15, 0.2) is 0 Å². The molecular formula is C10H18N4O2. The molecule has 0 aliphatic rings. The van der Waals surface area contributed by atoms with Crippen LogP contribution in [0.25, 0.3) is 0 Å². The van der Waals surface area contributed by atoms with E-state index >= 15 is 0 Å². The monoisotopic (exact) mass is 226 g/mol. The van der Waals surface area contributed by atoms with E-state index < -0.39 is 0 Å². The van der Waals surface area contributed by atoms with E-state index in [0.717, 1.165) is 17.1 Å². The number of likely N-dealkylation sites (N-methyl/N-ethyl adjacent to an activating group) is 1. The van der Waals surface area contributed by atoms with Crippen LogP contribution in [0.1, 0.15) is 11.4 Å². The number of aliphatic hydroxyl groups excluding tert-OH is 1. The summed E-state index contributed by atoms with van der Waals surface area (Å²) < 4.78 is 0. The number of aromatic nitrogens is 2. The van der Waals surface area contributed by atoms with E-state index in [4.69, 9.17) is 5.11 Å². The van der Waals surface area contributed by atoms with Crippen molar-refractivity contribution < 1.29 is 9.90 Å². The minimum atomic E-state index is -0.108. The SMILES string of the molecule is Cc1n[nH]c(C)c1NC(=O)CN(C)CCO. The quantitative estimate of drug-likeness (QED) is 0.654. The van der Waals surface area contributed by atoms with E-state index in [0.29, 0.717) is 6.54 Å². The Kier molecular flexibility index (Phi) is 4.45. The van der Waals surface area contributed by atoms with Crippen molar-refractivity contribution in [3.8, 4) is 0 Å². The van der Waals surface area contributed by atoms with E-state index in [2.05, 4.69) is 15.5 Å². The number of carbonyl (C=O) groups is 1. The largest absolute Gasteiger partial charge is 0.395 e. The number of hydrogen-bond donors (Lipinski definition) is 3. The van der Waals surface area contributed by atoms with Crippen molar-refractivity contribution in [3.05, 3.63) is 11.4 Å². The summed E-state index contributed by atoms with van der Waals surface area (Å²) in [6.45, 7) is 4.47. The number of rotatable bonds is 5. The zero-order valence-corrected chi connectivity index (χ0v) is 9.87. The zero-order chi connectivity index (χ0) is 12.1. The lowest BCUT2D eigenvalue weighted by Crippen LogP contribution is -2.32. The van der Waals surface area contributed by atoms with Crippen molar-refractivity contribution in [3.63, 3.8) is 0 Å². The van der Waals surface area contributed by atoms with Gasteiger partial charge in [-0.3, -0.25) is 14.8 Å². The normalized spacial score (nSPS) is 10.8. The first-order chi connectivity index (χ1) is 7.54. The van der Waals surface area contributed by atoms with Gasteiger partial charge in [-0.25, -0.2) is 0 Å². The second kappa shape index (κ2) is 5.62. The molecule has 1 aromatic rings. The molecule has 0 fully saturated rings. The first kappa shape index (κ1) is 12.7. The number of aromatic amines is 1. The predicted octanol–water partition coefficient (Wildman–Crippen LogP) is -0.111. The Balaban J connectivity index is 2.52. The van der Waals surface area contributed by atoms with Crippen LogP contribution in [0.4, 0.5) is 5.69 Å². The maximum atomic E-state index is 11.6. The molecule has 16 heavy (non-hydrogen) atoms. The summed E-state index contributed by atoms with van der Waals surface area (Å²) in [5, 5.41) is 18.3. The van der Waals surface area contributed by atoms with E-state index in [1.54, 1.807) is 11.9 Å². The molecule has 6 heteroatoms. The van der Waals surface area contributed by atoms with Gasteiger partial charge in [-0.15, -0.1) is 0 Å². The number of nitrogens with one attached hydrogen (secondary N) is 2. The van der Waals surface area contributed by atoms with E-state index in [1.807, 2.05) is 13.8 Å². The van der Waals surface area contributed by atoms with Crippen molar-refractivity contribution in [2.24, 2.45) is 0 Å². The molecular weight excluding hydrogens is 208 g/mol. The van der Waals surface area contributed by atoms with Gasteiger partial charge in [0.25, 0.3) is 0 Å². The standard InChI is InChI=1S/C10H18N4O2/c1-7-10(8(2)13-12-7)11-9(16)6-14(3)4-5-15/h15H,4-6H2,1-3H3,(H,11,16)(H,12,13). The van der Waals surface area contributed by atoms with Crippen LogP contribution in [0.15, 0.2) is 0 Å². The summed E-state index contributed by atoms with van der Waals surface area (Å²) in [5.41, 5.74) is 2.36. The third-order valence-corrected chi connectivity index (χ3v) is 2.29. The van der Waals surface area contributed by atoms with Crippen LogP contribution in [-0.2, 0) is 4.79 Å². The number of aliphatic hydroxyl groups is 1. The molecule has 1 amide bonds. The minimum Gasteiger partial charge on any atom is -0.395 e. The Morgan fingerprint density at radius 3 is 2.75 bits per heavy atom. The highest BCUT2D eigenvalue weighted by atomic mass is 16.3.